The summed E-state index contributed by atoms with van der Waals surface area (Å²) in [6, 6.07) is 12.9. The van der Waals surface area contributed by atoms with Crippen molar-refractivity contribution in [3.05, 3.63) is 78.1 Å². The first-order valence-electron chi connectivity index (χ1n) is 6.39. The Morgan fingerprint density at radius 3 is 2.71 bits per heavy atom. The second-order valence-corrected chi connectivity index (χ2v) is 5.38. The van der Waals surface area contributed by atoms with E-state index >= 15 is 0 Å². The molecule has 0 bridgehead atoms. The predicted octanol–water partition coefficient (Wildman–Crippen LogP) is 4.44. The minimum atomic E-state index is -0.300. The number of nitrogens with zero attached hydrogens (tertiary/aromatic N) is 2. The third-order valence-corrected chi connectivity index (χ3v) is 4.02. The highest BCUT2D eigenvalue weighted by Crippen LogP contribution is 2.25. The van der Waals surface area contributed by atoms with E-state index in [1.165, 1.54) is 30.0 Å². The zero-order valence-electron chi connectivity index (χ0n) is 11.0. The standard InChI is InChI=1S/C16H12F2N2S/c17-13-5-3-6-14(10-13)20-9-8-19-16(20)21-11-12-4-1-2-7-15(12)18/h1-10H,11H2. The molecule has 1 aromatic heterocycles. The first-order chi connectivity index (χ1) is 10.2. The fraction of sp³-hybridized carbons (Fsp3) is 0.0625. The molecule has 2 nitrogen and oxygen atoms in total. The molecule has 21 heavy (non-hydrogen) atoms. The lowest BCUT2D eigenvalue weighted by Crippen LogP contribution is -1.96. The fourth-order valence-electron chi connectivity index (χ4n) is 1.98. The Hall–Kier alpha value is -2.14. The summed E-state index contributed by atoms with van der Waals surface area (Å²) in [5.41, 5.74) is 1.32. The second kappa shape index (κ2) is 6.10. The molecule has 0 radical (unpaired) electrons. The van der Waals surface area contributed by atoms with Gasteiger partial charge in [-0.05, 0) is 29.8 Å². The van der Waals surface area contributed by atoms with Crippen LogP contribution in [0.5, 0.6) is 0 Å². The van der Waals surface area contributed by atoms with Crippen molar-refractivity contribution in [2.24, 2.45) is 0 Å². The maximum absolute atomic E-state index is 13.6. The van der Waals surface area contributed by atoms with Crippen molar-refractivity contribution in [1.82, 2.24) is 9.55 Å². The minimum Gasteiger partial charge on any atom is -0.295 e. The molecule has 0 aliphatic rings. The van der Waals surface area contributed by atoms with Crippen LogP contribution in [0.25, 0.3) is 5.69 Å². The first kappa shape index (κ1) is 13.8. The van der Waals surface area contributed by atoms with E-state index < -0.39 is 0 Å². The van der Waals surface area contributed by atoms with Gasteiger partial charge in [0.15, 0.2) is 5.16 Å². The van der Waals surface area contributed by atoms with Crippen LogP contribution in [-0.2, 0) is 5.75 Å². The number of rotatable bonds is 4. The molecule has 0 aliphatic carbocycles. The predicted molar refractivity (Wildman–Crippen MR) is 79.5 cm³/mol. The van der Waals surface area contributed by atoms with Crippen molar-refractivity contribution in [3.63, 3.8) is 0 Å². The van der Waals surface area contributed by atoms with Crippen LogP contribution >= 0.6 is 11.8 Å². The van der Waals surface area contributed by atoms with E-state index in [-0.39, 0.29) is 11.6 Å². The van der Waals surface area contributed by atoms with Crippen molar-refractivity contribution in [3.8, 4) is 5.69 Å². The van der Waals surface area contributed by atoms with Gasteiger partial charge in [-0.1, -0.05) is 36.0 Å². The molecule has 0 fully saturated rings. The van der Waals surface area contributed by atoms with E-state index in [0.717, 1.165) is 0 Å². The van der Waals surface area contributed by atoms with E-state index in [9.17, 15) is 8.78 Å². The van der Waals surface area contributed by atoms with Gasteiger partial charge in [-0.15, -0.1) is 0 Å². The number of benzene rings is 2. The van der Waals surface area contributed by atoms with Crippen molar-refractivity contribution < 1.29 is 8.78 Å². The smallest absolute Gasteiger partial charge is 0.172 e. The molecule has 0 unspecified atom stereocenters. The molecule has 3 aromatic rings. The van der Waals surface area contributed by atoms with Crippen LogP contribution in [0.2, 0.25) is 0 Å². The number of aromatic nitrogens is 2. The number of hydrogen-bond acceptors (Lipinski definition) is 2. The Bertz CT molecular complexity index is 755. The number of halogens is 2. The van der Waals surface area contributed by atoms with Gasteiger partial charge in [0, 0.05) is 18.1 Å². The molecule has 0 saturated heterocycles. The molecule has 0 aliphatic heterocycles. The summed E-state index contributed by atoms with van der Waals surface area (Å²) in [6.45, 7) is 0. The summed E-state index contributed by atoms with van der Waals surface area (Å²) in [7, 11) is 0. The van der Waals surface area contributed by atoms with E-state index in [1.807, 2.05) is 0 Å². The van der Waals surface area contributed by atoms with Crippen LogP contribution in [0.1, 0.15) is 5.56 Å². The molecule has 2 aromatic carbocycles. The van der Waals surface area contributed by atoms with E-state index in [0.29, 0.717) is 22.2 Å². The lowest BCUT2D eigenvalue weighted by molar-refractivity contribution is 0.617. The Labute approximate surface area is 125 Å². The van der Waals surface area contributed by atoms with Crippen LogP contribution in [0.15, 0.2) is 66.1 Å². The van der Waals surface area contributed by atoms with Crippen molar-refractivity contribution in [2.45, 2.75) is 10.9 Å². The highest BCUT2D eigenvalue weighted by Gasteiger charge is 2.08. The van der Waals surface area contributed by atoms with Crippen molar-refractivity contribution >= 4 is 11.8 Å². The number of hydrogen-bond donors (Lipinski definition) is 0. The SMILES string of the molecule is Fc1cccc(-n2ccnc2SCc2ccccc2F)c1. The lowest BCUT2D eigenvalue weighted by Gasteiger charge is -2.08. The number of imidazole rings is 1. The van der Waals surface area contributed by atoms with Gasteiger partial charge < -0.3 is 0 Å². The van der Waals surface area contributed by atoms with Crippen LogP contribution in [0.3, 0.4) is 0 Å². The molecule has 0 saturated carbocycles. The van der Waals surface area contributed by atoms with E-state index in [4.69, 9.17) is 0 Å². The molecular weight excluding hydrogens is 290 g/mol. The Kier molecular flexibility index (Phi) is 4.01. The van der Waals surface area contributed by atoms with Crippen LogP contribution < -0.4 is 0 Å². The Balaban J connectivity index is 1.82. The van der Waals surface area contributed by atoms with Gasteiger partial charge in [0.25, 0.3) is 0 Å². The quantitative estimate of drug-likeness (QED) is 0.663. The first-order valence-corrected chi connectivity index (χ1v) is 7.38. The largest absolute Gasteiger partial charge is 0.295 e. The average Bonchev–Trinajstić information content (AvgIpc) is 2.95. The van der Waals surface area contributed by atoms with Gasteiger partial charge in [-0.25, -0.2) is 13.8 Å². The zero-order valence-corrected chi connectivity index (χ0v) is 11.9. The van der Waals surface area contributed by atoms with Crippen LogP contribution in [-0.4, -0.2) is 9.55 Å². The zero-order chi connectivity index (χ0) is 14.7. The van der Waals surface area contributed by atoms with Crippen LogP contribution in [0, 0.1) is 11.6 Å². The van der Waals surface area contributed by atoms with Crippen molar-refractivity contribution in [1.29, 1.82) is 0 Å². The van der Waals surface area contributed by atoms with Gasteiger partial charge >= 0.3 is 0 Å². The molecule has 0 atom stereocenters. The monoisotopic (exact) mass is 302 g/mol. The highest BCUT2D eigenvalue weighted by molar-refractivity contribution is 7.98. The topological polar surface area (TPSA) is 17.8 Å². The Morgan fingerprint density at radius 2 is 1.90 bits per heavy atom. The minimum absolute atomic E-state index is 0.228. The summed E-state index contributed by atoms with van der Waals surface area (Å²) >= 11 is 1.41. The van der Waals surface area contributed by atoms with Gasteiger partial charge in [0.05, 0.1) is 5.69 Å². The molecular formula is C16H12F2N2S. The van der Waals surface area contributed by atoms with E-state index in [1.54, 1.807) is 47.3 Å². The average molecular weight is 302 g/mol. The van der Waals surface area contributed by atoms with Gasteiger partial charge in [-0.2, -0.15) is 0 Å². The summed E-state index contributed by atoms with van der Waals surface area (Å²) in [5, 5.41) is 0.698. The lowest BCUT2D eigenvalue weighted by atomic mass is 10.2. The molecule has 0 spiro atoms. The fourth-order valence-corrected chi connectivity index (χ4v) is 2.94. The highest BCUT2D eigenvalue weighted by atomic mass is 32.2. The molecule has 106 valence electrons. The molecule has 0 N–H and O–H groups in total. The third kappa shape index (κ3) is 3.13. The van der Waals surface area contributed by atoms with Gasteiger partial charge in [0.2, 0.25) is 0 Å². The molecule has 0 amide bonds. The maximum atomic E-state index is 13.6. The molecule has 1 heterocycles. The third-order valence-electron chi connectivity index (χ3n) is 3.01. The summed E-state index contributed by atoms with van der Waals surface area (Å²) in [4.78, 5) is 4.25. The Morgan fingerprint density at radius 1 is 1.05 bits per heavy atom. The van der Waals surface area contributed by atoms with Crippen molar-refractivity contribution in [2.75, 3.05) is 0 Å². The molecule has 3 rings (SSSR count). The van der Waals surface area contributed by atoms with Gasteiger partial charge in [0.1, 0.15) is 11.6 Å². The van der Waals surface area contributed by atoms with Crippen LogP contribution in [0.4, 0.5) is 8.78 Å². The number of thioether (sulfide) groups is 1. The van der Waals surface area contributed by atoms with Gasteiger partial charge in [-0.3, -0.25) is 4.57 Å². The normalized spacial score (nSPS) is 10.8. The summed E-state index contributed by atoms with van der Waals surface area (Å²) < 4.78 is 28.7. The molecule has 5 heteroatoms. The maximum Gasteiger partial charge on any atom is 0.172 e. The summed E-state index contributed by atoms with van der Waals surface area (Å²) in [5.74, 6) is -0.0564. The van der Waals surface area contributed by atoms with E-state index in [2.05, 4.69) is 4.98 Å². The second-order valence-electron chi connectivity index (χ2n) is 4.44. The summed E-state index contributed by atoms with van der Waals surface area (Å²) in [6.07, 6.45) is 3.41.